The minimum Gasteiger partial charge on any atom is -0.497 e. The van der Waals surface area contributed by atoms with Gasteiger partial charge in [-0.3, -0.25) is 0 Å². The van der Waals surface area contributed by atoms with E-state index in [1.54, 1.807) is 18.3 Å². The van der Waals surface area contributed by atoms with Crippen LogP contribution in [0.5, 0.6) is 11.5 Å². The third-order valence-corrected chi connectivity index (χ3v) is 2.96. The fourth-order valence-corrected chi connectivity index (χ4v) is 1.83. The van der Waals surface area contributed by atoms with Crippen molar-refractivity contribution in [1.29, 1.82) is 0 Å². The Labute approximate surface area is 120 Å². The fraction of sp³-hybridized carbons (Fsp3) is 0.357. The van der Waals surface area contributed by atoms with E-state index in [0.717, 1.165) is 0 Å². The van der Waals surface area contributed by atoms with E-state index in [0.29, 0.717) is 23.6 Å². The van der Waals surface area contributed by atoms with Gasteiger partial charge in [-0.15, -0.1) is 0 Å². The number of benzene rings is 1. The molecule has 21 heavy (non-hydrogen) atoms. The van der Waals surface area contributed by atoms with Crippen molar-refractivity contribution < 1.29 is 22.7 Å². The molecular formula is C14H16F2N2O3. The average Bonchev–Trinajstić information content (AvgIpc) is 2.99. The summed E-state index contributed by atoms with van der Waals surface area (Å²) in [7, 11) is 1.51. The van der Waals surface area contributed by atoms with Crippen molar-refractivity contribution >= 4 is 0 Å². The number of rotatable bonds is 7. The largest absolute Gasteiger partial charge is 0.497 e. The van der Waals surface area contributed by atoms with E-state index in [-0.39, 0.29) is 11.8 Å². The standard InChI is InChI=1S/C14H16F2N2O3/c1-9(13-7-17-8-20-13)18-6-10-5-11(19-2)3-4-12(10)21-14(15)16/h3-5,7-9,14,18H,6H2,1-2H3. The summed E-state index contributed by atoms with van der Waals surface area (Å²) < 4.78 is 39.6. The van der Waals surface area contributed by atoms with Crippen LogP contribution in [0, 0.1) is 0 Å². The molecule has 0 saturated carbocycles. The van der Waals surface area contributed by atoms with Crippen LogP contribution < -0.4 is 14.8 Å². The zero-order valence-electron chi connectivity index (χ0n) is 11.7. The molecule has 0 aliphatic rings. The van der Waals surface area contributed by atoms with Gasteiger partial charge in [-0.1, -0.05) is 0 Å². The molecule has 1 aromatic carbocycles. The lowest BCUT2D eigenvalue weighted by atomic mass is 10.1. The second kappa shape index (κ2) is 7.03. The second-order valence-electron chi connectivity index (χ2n) is 4.36. The molecule has 1 N–H and O–H groups in total. The molecular weight excluding hydrogens is 282 g/mol. The topological polar surface area (TPSA) is 56.5 Å². The van der Waals surface area contributed by atoms with Crippen LogP contribution in [0.2, 0.25) is 0 Å². The van der Waals surface area contributed by atoms with Crippen LogP contribution in [0.25, 0.3) is 0 Å². The van der Waals surface area contributed by atoms with Crippen molar-refractivity contribution in [1.82, 2.24) is 10.3 Å². The molecule has 5 nitrogen and oxygen atoms in total. The first-order chi connectivity index (χ1) is 10.1. The predicted octanol–water partition coefficient (Wildman–Crippen LogP) is 3.14. The summed E-state index contributed by atoms with van der Waals surface area (Å²) >= 11 is 0. The third-order valence-electron chi connectivity index (χ3n) is 2.96. The van der Waals surface area contributed by atoms with E-state index in [9.17, 15) is 8.78 Å². The summed E-state index contributed by atoms with van der Waals surface area (Å²) in [5, 5.41) is 3.15. The van der Waals surface area contributed by atoms with Gasteiger partial charge in [0.1, 0.15) is 17.3 Å². The first-order valence-electron chi connectivity index (χ1n) is 6.33. The molecule has 114 valence electrons. The quantitative estimate of drug-likeness (QED) is 0.851. The highest BCUT2D eigenvalue weighted by Gasteiger charge is 2.13. The number of nitrogens with one attached hydrogen (secondary N) is 1. The van der Waals surface area contributed by atoms with Crippen molar-refractivity contribution in [3.8, 4) is 11.5 Å². The van der Waals surface area contributed by atoms with Crippen LogP contribution >= 0.6 is 0 Å². The molecule has 0 spiro atoms. The normalized spacial score (nSPS) is 12.4. The van der Waals surface area contributed by atoms with Crippen molar-refractivity contribution in [3.05, 3.63) is 42.1 Å². The monoisotopic (exact) mass is 298 g/mol. The Morgan fingerprint density at radius 2 is 2.19 bits per heavy atom. The highest BCUT2D eigenvalue weighted by Crippen LogP contribution is 2.26. The number of hydrogen-bond donors (Lipinski definition) is 1. The van der Waals surface area contributed by atoms with Crippen molar-refractivity contribution in [2.75, 3.05) is 7.11 Å². The van der Waals surface area contributed by atoms with E-state index in [2.05, 4.69) is 15.0 Å². The van der Waals surface area contributed by atoms with Gasteiger partial charge in [0.25, 0.3) is 0 Å². The number of halogens is 2. The molecule has 2 aromatic rings. The maximum Gasteiger partial charge on any atom is 0.387 e. The third kappa shape index (κ3) is 4.16. The number of aromatic nitrogens is 1. The van der Waals surface area contributed by atoms with Crippen LogP contribution in [0.15, 0.2) is 35.2 Å². The Balaban J connectivity index is 2.09. The van der Waals surface area contributed by atoms with E-state index >= 15 is 0 Å². The summed E-state index contributed by atoms with van der Waals surface area (Å²) in [6.45, 7) is -0.668. The lowest BCUT2D eigenvalue weighted by molar-refractivity contribution is -0.0505. The number of nitrogens with zero attached hydrogens (tertiary/aromatic N) is 1. The minimum atomic E-state index is -2.87. The fourth-order valence-electron chi connectivity index (χ4n) is 1.83. The van der Waals surface area contributed by atoms with Gasteiger partial charge < -0.3 is 19.2 Å². The molecule has 0 saturated heterocycles. The Morgan fingerprint density at radius 3 is 2.81 bits per heavy atom. The zero-order valence-corrected chi connectivity index (χ0v) is 11.7. The van der Waals surface area contributed by atoms with Gasteiger partial charge in [0.2, 0.25) is 0 Å². The molecule has 0 aliphatic heterocycles. The number of hydrogen-bond acceptors (Lipinski definition) is 5. The van der Waals surface area contributed by atoms with Crippen LogP contribution in [0.1, 0.15) is 24.3 Å². The smallest absolute Gasteiger partial charge is 0.387 e. The van der Waals surface area contributed by atoms with Crippen molar-refractivity contribution in [3.63, 3.8) is 0 Å². The summed E-state index contributed by atoms with van der Waals surface area (Å²) in [4.78, 5) is 3.83. The lowest BCUT2D eigenvalue weighted by Gasteiger charge is -2.15. The molecule has 0 radical (unpaired) electrons. The Morgan fingerprint density at radius 1 is 1.38 bits per heavy atom. The van der Waals surface area contributed by atoms with Crippen LogP contribution in [0.4, 0.5) is 8.78 Å². The van der Waals surface area contributed by atoms with Crippen LogP contribution in [-0.4, -0.2) is 18.7 Å². The van der Waals surface area contributed by atoms with E-state index in [4.69, 9.17) is 9.15 Å². The molecule has 1 aromatic heterocycles. The molecule has 0 bridgehead atoms. The van der Waals surface area contributed by atoms with Gasteiger partial charge in [0.15, 0.2) is 6.39 Å². The maximum absolute atomic E-state index is 12.4. The van der Waals surface area contributed by atoms with Crippen molar-refractivity contribution in [2.45, 2.75) is 26.1 Å². The molecule has 1 unspecified atom stereocenters. The number of oxazole rings is 1. The minimum absolute atomic E-state index is 0.113. The summed E-state index contributed by atoms with van der Waals surface area (Å²) in [5.74, 6) is 1.35. The number of methoxy groups -OCH3 is 1. The number of ether oxygens (including phenoxy) is 2. The van der Waals surface area contributed by atoms with Gasteiger partial charge in [-0.2, -0.15) is 8.78 Å². The number of alkyl halides is 2. The van der Waals surface area contributed by atoms with Gasteiger partial charge in [-0.05, 0) is 25.1 Å². The SMILES string of the molecule is COc1ccc(OC(F)F)c(CNC(C)c2cnco2)c1. The highest BCUT2D eigenvalue weighted by atomic mass is 19.3. The van der Waals surface area contributed by atoms with Gasteiger partial charge in [0, 0.05) is 12.1 Å². The first kappa shape index (κ1) is 15.2. The molecule has 7 heteroatoms. The molecule has 1 atom stereocenters. The molecule has 2 rings (SSSR count). The molecule has 1 heterocycles. The average molecular weight is 298 g/mol. The van der Waals surface area contributed by atoms with Crippen molar-refractivity contribution in [2.24, 2.45) is 0 Å². The summed E-state index contributed by atoms with van der Waals surface area (Å²) in [6.07, 6.45) is 2.93. The molecule has 0 amide bonds. The van der Waals surface area contributed by atoms with Gasteiger partial charge in [0.05, 0.1) is 19.3 Å². The summed E-state index contributed by atoms with van der Waals surface area (Å²) in [6, 6.07) is 4.57. The lowest BCUT2D eigenvalue weighted by Crippen LogP contribution is -2.18. The molecule has 0 fully saturated rings. The van der Waals surface area contributed by atoms with Gasteiger partial charge >= 0.3 is 6.61 Å². The Bertz CT molecular complexity index is 561. The van der Waals surface area contributed by atoms with Crippen LogP contribution in [-0.2, 0) is 6.54 Å². The maximum atomic E-state index is 12.4. The Kier molecular flexibility index (Phi) is 5.10. The van der Waals surface area contributed by atoms with E-state index in [1.807, 2.05) is 6.92 Å². The first-order valence-corrected chi connectivity index (χ1v) is 6.33. The van der Waals surface area contributed by atoms with Gasteiger partial charge in [-0.25, -0.2) is 4.98 Å². The van der Waals surface area contributed by atoms with Crippen LogP contribution in [0.3, 0.4) is 0 Å². The van der Waals surface area contributed by atoms with E-state index < -0.39 is 6.61 Å². The van der Waals surface area contributed by atoms with E-state index in [1.165, 1.54) is 19.6 Å². The highest BCUT2D eigenvalue weighted by molar-refractivity contribution is 5.40. The second-order valence-corrected chi connectivity index (χ2v) is 4.36. The predicted molar refractivity (Wildman–Crippen MR) is 71.4 cm³/mol. The zero-order chi connectivity index (χ0) is 15.2. The summed E-state index contributed by atoms with van der Waals surface area (Å²) in [5.41, 5.74) is 0.570. The molecule has 0 aliphatic carbocycles. The Hall–Kier alpha value is -2.15.